The molecule has 1 aliphatic carbocycles. The molecule has 0 saturated heterocycles. The zero-order valence-corrected chi connectivity index (χ0v) is 15.7. The molecule has 4 nitrogen and oxygen atoms in total. The van der Waals surface area contributed by atoms with Crippen LogP contribution in [0.5, 0.6) is 0 Å². The Balaban J connectivity index is 2.04. The van der Waals surface area contributed by atoms with Crippen LogP contribution in [-0.4, -0.2) is 32.2 Å². The van der Waals surface area contributed by atoms with E-state index < -0.39 is 0 Å². The highest BCUT2D eigenvalue weighted by atomic mass is 16.5. The standard InChI is InChI=1S/C20H32N2O2/c1-13(2)16-7-6-8-17(14(3)4)20(16)22-19(23)11-21-18(12-24-5)15-9-10-15/h6-8,13-15,18,21H,9-12H2,1-5H3,(H,22,23)/t18-/m0/s1. The van der Waals surface area contributed by atoms with Gasteiger partial charge in [0.2, 0.25) is 5.91 Å². The molecule has 0 spiro atoms. The molecule has 4 heteroatoms. The van der Waals surface area contributed by atoms with Crippen molar-refractivity contribution in [2.24, 2.45) is 5.92 Å². The predicted molar refractivity (Wildman–Crippen MR) is 99.6 cm³/mol. The Hall–Kier alpha value is -1.39. The molecule has 24 heavy (non-hydrogen) atoms. The lowest BCUT2D eigenvalue weighted by atomic mass is 9.92. The van der Waals surface area contributed by atoms with E-state index in [1.807, 2.05) is 0 Å². The monoisotopic (exact) mass is 332 g/mol. The van der Waals surface area contributed by atoms with Crippen LogP contribution in [0.25, 0.3) is 0 Å². The van der Waals surface area contributed by atoms with Crippen molar-refractivity contribution in [2.75, 3.05) is 25.6 Å². The van der Waals surface area contributed by atoms with E-state index in [1.54, 1.807) is 7.11 Å². The summed E-state index contributed by atoms with van der Waals surface area (Å²) >= 11 is 0. The zero-order chi connectivity index (χ0) is 17.7. The lowest BCUT2D eigenvalue weighted by molar-refractivity contribution is -0.115. The van der Waals surface area contributed by atoms with Crippen LogP contribution < -0.4 is 10.6 Å². The molecule has 2 rings (SSSR count). The molecule has 134 valence electrons. The first-order valence-corrected chi connectivity index (χ1v) is 9.09. The molecule has 0 bridgehead atoms. The van der Waals surface area contributed by atoms with E-state index in [0.717, 1.165) is 5.69 Å². The molecule has 1 aliphatic rings. The fourth-order valence-corrected chi connectivity index (χ4v) is 3.14. The van der Waals surface area contributed by atoms with Crippen molar-refractivity contribution in [3.05, 3.63) is 29.3 Å². The van der Waals surface area contributed by atoms with Gasteiger partial charge in [-0.15, -0.1) is 0 Å². The largest absolute Gasteiger partial charge is 0.383 e. The molecular formula is C20H32N2O2. The van der Waals surface area contributed by atoms with Gasteiger partial charge in [-0.05, 0) is 41.7 Å². The quantitative estimate of drug-likeness (QED) is 0.721. The molecule has 2 N–H and O–H groups in total. The number of para-hydroxylation sites is 1. The van der Waals surface area contributed by atoms with Gasteiger partial charge < -0.3 is 15.4 Å². The minimum atomic E-state index is 0.0201. The second kappa shape index (κ2) is 8.63. The molecule has 1 saturated carbocycles. The minimum absolute atomic E-state index is 0.0201. The van der Waals surface area contributed by atoms with Crippen LogP contribution in [0, 0.1) is 5.92 Å². The van der Waals surface area contributed by atoms with Crippen LogP contribution in [0.1, 0.15) is 63.5 Å². The number of carbonyl (C=O) groups excluding carboxylic acids is 1. The third kappa shape index (κ3) is 5.05. The molecule has 1 atom stereocenters. The van der Waals surface area contributed by atoms with E-state index in [-0.39, 0.29) is 11.9 Å². The van der Waals surface area contributed by atoms with E-state index in [4.69, 9.17) is 4.74 Å². The van der Waals surface area contributed by atoms with Gasteiger partial charge in [0.05, 0.1) is 13.2 Å². The fourth-order valence-electron chi connectivity index (χ4n) is 3.14. The molecule has 0 aromatic heterocycles. The molecule has 1 fully saturated rings. The Bertz CT molecular complexity index is 524. The number of ether oxygens (including phenoxy) is 1. The Morgan fingerprint density at radius 1 is 1.17 bits per heavy atom. The average Bonchev–Trinajstić information content (AvgIpc) is 3.35. The highest BCUT2D eigenvalue weighted by Gasteiger charge is 2.31. The van der Waals surface area contributed by atoms with Crippen molar-refractivity contribution in [2.45, 2.75) is 58.4 Å². The summed E-state index contributed by atoms with van der Waals surface area (Å²) < 4.78 is 5.26. The predicted octanol–water partition coefficient (Wildman–Crippen LogP) is 3.89. The summed E-state index contributed by atoms with van der Waals surface area (Å²) in [6.07, 6.45) is 2.46. The van der Waals surface area contributed by atoms with Crippen LogP contribution in [0.3, 0.4) is 0 Å². The normalized spacial score (nSPS) is 15.8. The zero-order valence-electron chi connectivity index (χ0n) is 15.7. The summed E-state index contributed by atoms with van der Waals surface area (Å²) in [7, 11) is 1.71. The lowest BCUT2D eigenvalue weighted by Crippen LogP contribution is -2.40. The van der Waals surface area contributed by atoms with Crippen LogP contribution >= 0.6 is 0 Å². The maximum Gasteiger partial charge on any atom is 0.238 e. The van der Waals surface area contributed by atoms with Gasteiger partial charge in [-0.1, -0.05) is 45.9 Å². The maximum atomic E-state index is 12.5. The number of amides is 1. The smallest absolute Gasteiger partial charge is 0.238 e. The van der Waals surface area contributed by atoms with E-state index in [1.165, 1.54) is 24.0 Å². The number of anilines is 1. The Labute approximate surface area is 146 Å². The fraction of sp³-hybridized carbons (Fsp3) is 0.650. The second-order valence-electron chi connectivity index (χ2n) is 7.45. The van der Waals surface area contributed by atoms with E-state index >= 15 is 0 Å². The first kappa shape index (κ1) is 18.9. The minimum Gasteiger partial charge on any atom is -0.383 e. The van der Waals surface area contributed by atoms with E-state index in [2.05, 4.69) is 56.5 Å². The van der Waals surface area contributed by atoms with Crippen molar-refractivity contribution in [1.82, 2.24) is 5.32 Å². The van der Waals surface area contributed by atoms with Gasteiger partial charge in [-0.2, -0.15) is 0 Å². The number of hydrogen-bond acceptors (Lipinski definition) is 3. The molecule has 0 heterocycles. The summed E-state index contributed by atoms with van der Waals surface area (Å²) in [5, 5.41) is 6.52. The third-order valence-corrected chi connectivity index (χ3v) is 4.70. The first-order valence-electron chi connectivity index (χ1n) is 9.09. The number of rotatable bonds is 9. The van der Waals surface area contributed by atoms with Gasteiger partial charge in [0.25, 0.3) is 0 Å². The molecule has 1 aromatic rings. The lowest BCUT2D eigenvalue weighted by Gasteiger charge is -2.21. The van der Waals surface area contributed by atoms with Crippen LogP contribution in [0.4, 0.5) is 5.69 Å². The van der Waals surface area contributed by atoms with Crippen LogP contribution in [-0.2, 0) is 9.53 Å². The Morgan fingerprint density at radius 3 is 2.21 bits per heavy atom. The van der Waals surface area contributed by atoms with Crippen molar-refractivity contribution in [3.8, 4) is 0 Å². The van der Waals surface area contributed by atoms with Gasteiger partial charge in [0.1, 0.15) is 0 Å². The Kier molecular flexibility index (Phi) is 6.81. The van der Waals surface area contributed by atoms with Crippen molar-refractivity contribution in [1.29, 1.82) is 0 Å². The number of hydrogen-bond donors (Lipinski definition) is 2. The SMILES string of the molecule is COC[C@H](NCC(=O)Nc1c(C(C)C)cccc1C(C)C)C1CC1. The molecule has 0 aliphatic heterocycles. The molecule has 0 unspecified atom stereocenters. The van der Waals surface area contributed by atoms with Gasteiger partial charge >= 0.3 is 0 Å². The summed E-state index contributed by atoms with van der Waals surface area (Å²) in [5.41, 5.74) is 3.39. The molecule has 0 radical (unpaired) electrons. The van der Waals surface area contributed by atoms with Gasteiger partial charge in [-0.3, -0.25) is 4.79 Å². The number of benzene rings is 1. The summed E-state index contributed by atoms with van der Waals surface area (Å²) in [6, 6.07) is 6.58. The van der Waals surface area contributed by atoms with E-state index in [0.29, 0.717) is 30.9 Å². The van der Waals surface area contributed by atoms with E-state index in [9.17, 15) is 4.79 Å². The molecular weight excluding hydrogens is 300 g/mol. The van der Waals surface area contributed by atoms with Crippen LogP contribution in [0.2, 0.25) is 0 Å². The van der Waals surface area contributed by atoms with Gasteiger partial charge in [0, 0.05) is 18.8 Å². The first-order chi connectivity index (χ1) is 11.4. The molecule has 1 aromatic carbocycles. The van der Waals surface area contributed by atoms with Crippen molar-refractivity contribution < 1.29 is 9.53 Å². The highest BCUT2D eigenvalue weighted by Crippen LogP contribution is 2.33. The summed E-state index contributed by atoms with van der Waals surface area (Å²) in [5.74, 6) is 1.43. The number of methoxy groups -OCH3 is 1. The number of nitrogens with one attached hydrogen (secondary N) is 2. The van der Waals surface area contributed by atoms with Crippen LogP contribution in [0.15, 0.2) is 18.2 Å². The topological polar surface area (TPSA) is 50.4 Å². The maximum absolute atomic E-state index is 12.5. The third-order valence-electron chi connectivity index (χ3n) is 4.70. The Morgan fingerprint density at radius 2 is 1.75 bits per heavy atom. The second-order valence-corrected chi connectivity index (χ2v) is 7.45. The van der Waals surface area contributed by atoms with Crippen molar-refractivity contribution >= 4 is 11.6 Å². The average molecular weight is 332 g/mol. The van der Waals surface area contributed by atoms with Gasteiger partial charge in [-0.25, -0.2) is 0 Å². The van der Waals surface area contributed by atoms with Crippen molar-refractivity contribution in [3.63, 3.8) is 0 Å². The number of carbonyl (C=O) groups is 1. The highest BCUT2D eigenvalue weighted by molar-refractivity contribution is 5.94. The van der Waals surface area contributed by atoms with Gasteiger partial charge in [0.15, 0.2) is 0 Å². The molecule has 1 amide bonds. The summed E-state index contributed by atoms with van der Waals surface area (Å²) in [4.78, 5) is 12.5. The summed E-state index contributed by atoms with van der Waals surface area (Å²) in [6.45, 7) is 9.64.